The summed E-state index contributed by atoms with van der Waals surface area (Å²) in [6, 6.07) is 14.9. The van der Waals surface area contributed by atoms with Crippen molar-refractivity contribution in [1.29, 1.82) is 5.26 Å². The Kier molecular flexibility index (Phi) is 6.65. The first kappa shape index (κ1) is 24.9. The van der Waals surface area contributed by atoms with Gasteiger partial charge in [-0.15, -0.1) is 0 Å². The summed E-state index contributed by atoms with van der Waals surface area (Å²) < 4.78 is 7.07. The second kappa shape index (κ2) is 10.4. The first-order chi connectivity index (χ1) is 19.0. The number of methoxy groups -OCH3 is 1. The maximum Gasteiger partial charge on any atom is 0.128 e. The molecule has 39 heavy (non-hydrogen) atoms. The van der Waals surface area contributed by atoms with Crippen LogP contribution in [-0.2, 0) is 13.6 Å². The summed E-state index contributed by atoms with van der Waals surface area (Å²) in [6.45, 7) is 6.77. The molecule has 9 nitrogen and oxygen atoms in total. The summed E-state index contributed by atoms with van der Waals surface area (Å²) in [6.07, 6.45) is 9.95. The molecular formula is C30H32N8O. The fourth-order valence-electron chi connectivity index (χ4n) is 5.40. The number of nitrogens with zero attached hydrogens (tertiary/aromatic N) is 7. The molecule has 5 heterocycles. The molecule has 0 aliphatic carbocycles. The topological polar surface area (TPSA) is 85.5 Å². The Labute approximate surface area is 228 Å². The highest BCUT2D eigenvalue weighted by atomic mass is 16.5. The van der Waals surface area contributed by atoms with Crippen LogP contribution in [-0.4, -0.2) is 64.0 Å². The van der Waals surface area contributed by atoms with Gasteiger partial charge in [0.15, 0.2) is 0 Å². The molecule has 3 aromatic rings. The van der Waals surface area contributed by atoms with E-state index in [0.29, 0.717) is 0 Å². The molecule has 1 fully saturated rings. The Morgan fingerprint density at radius 3 is 2.49 bits per heavy atom. The number of fused-ring (bicyclic) bond motifs is 1. The summed E-state index contributed by atoms with van der Waals surface area (Å²) in [5, 5.41) is 16.2. The van der Waals surface area contributed by atoms with Gasteiger partial charge in [-0.25, -0.2) is 10.4 Å². The smallest absolute Gasteiger partial charge is 0.128 e. The minimum absolute atomic E-state index is 0.0701. The molecule has 9 heteroatoms. The zero-order valence-corrected chi connectivity index (χ0v) is 22.5. The number of rotatable bonds is 6. The Hall–Kier alpha value is -4.39. The van der Waals surface area contributed by atoms with Crippen LogP contribution in [0.15, 0.2) is 78.5 Å². The predicted octanol–water partition coefficient (Wildman–Crippen LogP) is 3.57. The van der Waals surface area contributed by atoms with Crippen LogP contribution in [0.2, 0.25) is 0 Å². The number of benzene rings is 1. The van der Waals surface area contributed by atoms with Gasteiger partial charge < -0.3 is 9.64 Å². The molecule has 1 aromatic carbocycles. The zero-order valence-electron chi connectivity index (χ0n) is 22.5. The van der Waals surface area contributed by atoms with Crippen LogP contribution in [0.1, 0.15) is 23.6 Å². The SMILES string of the molecule is COc1ccc(CN2CCN(c3ccc(C4=CC(c5cnn(C)c5)=CN5NC(C)C(C#N)=C45)cn3)CC2)cc1. The second-order valence-electron chi connectivity index (χ2n) is 10.2. The second-order valence-corrected chi connectivity index (χ2v) is 10.2. The average molecular weight is 521 g/mol. The van der Waals surface area contributed by atoms with E-state index in [2.05, 4.69) is 56.7 Å². The Morgan fingerprint density at radius 2 is 1.85 bits per heavy atom. The van der Waals surface area contributed by atoms with Crippen molar-refractivity contribution in [3.05, 3.63) is 95.2 Å². The number of pyridine rings is 1. The Bertz CT molecular complexity index is 1480. The quantitative estimate of drug-likeness (QED) is 0.528. The normalized spacial score (nSPS) is 19.5. The molecule has 0 radical (unpaired) electrons. The molecule has 0 amide bonds. The monoisotopic (exact) mass is 520 g/mol. The number of aryl methyl sites for hydroxylation is 1. The number of nitriles is 1. The van der Waals surface area contributed by atoms with E-state index in [-0.39, 0.29) is 6.04 Å². The summed E-state index contributed by atoms with van der Waals surface area (Å²) in [5.41, 5.74) is 10.3. The molecule has 198 valence electrons. The molecule has 0 saturated carbocycles. The standard InChI is InChI=1S/C30H32N8O/c1-21-28(15-31)30-27(14-24(20-38(30)34-21)25-17-33-35(2)19-25)23-6-9-29(32-16-23)37-12-10-36(11-13-37)18-22-4-7-26(39-3)8-5-22/h4-9,14,16-17,19-21,34H,10-13,18H2,1-3H3. The lowest BCUT2D eigenvalue weighted by atomic mass is 9.93. The lowest BCUT2D eigenvalue weighted by Crippen LogP contribution is -2.46. The van der Waals surface area contributed by atoms with Crippen molar-refractivity contribution in [2.24, 2.45) is 7.05 Å². The third kappa shape index (κ3) is 4.92. The lowest BCUT2D eigenvalue weighted by molar-refractivity contribution is 0.249. The zero-order chi connectivity index (χ0) is 26.9. The van der Waals surface area contributed by atoms with Gasteiger partial charge in [0.25, 0.3) is 0 Å². The predicted molar refractivity (Wildman–Crippen MR) is 151 cm³/mol. The van der Waals surface area contributed by atoms with Crippen molar-refractivity contribution in [1.82, 2.24) is 30.1 Å². The Morgan fingerprint density at radius 1 is 1.05 bits per heavy atom. The first-order valence-electron chi connectivity index (χ1n) is 13.2. The van der Waals surface area contributed by atoms with Crippen molar-refractivity contribution in [2.45, 2.75) is 19.5 Å². The van der Waals surface area contributed by atoms with Gasteiger partial charge in [0.1, 0.15) is 11.6 Å². The largest absolute Gasteiger partial charge is 0.497 e. The Balaban J connectivity index is 1.19. The summed E-state index contributed by atoms with van der Waals surface area (Å²) in [4.78, 5) is 9.68. The van der Waals surface area contributed by atoms with Crippen LogP contribution in [0.5, 0.6) is 5.75 Å². The molecular weight excluding hydrogens is 488 g/mol. The maximum absolute atomic E-state index is 9.91. The average Bonchev–Trinajstić information content (AvgIpc) is 3.55. The van der Waals surface area contributed by atoms with Crippen LogP contribution in [0.3, 0.4) is 0 Å². The van der Waals surface area contributed by atoms with Crippen LogP contribution in [0, 0.1) is 11.3 Å². The molecule has 0 bridgehead atoms. The van der Waals surface area contributed by atoms with Crippen LogP contribution >= 0.6 is 0 Å². The van der Waals surface area contributed by atoms with Gasteiger partial charge in [-0.3, -0.25) is 14.6 Å². The van der Waals surface area contributed by atoms with Crippen molar-refractivity contribution < 1.29 is 4.74 Å². The van der Waals surface area contributed by atoms with E-state index in [4.69, 9.17) is 9.72 Å². The van der Waals surface area contributed by atoms with E-state index in [0.717, 1.165) is 77.8 Å². The number of hydrazine groups is 1. The molecule has 6 rings (SSSR count). The van der Waals surface area contributed by atoms with E-state index in [1.165, 1.54) is 5.56 Å². The van der Waals surface area contributed by atoms with Gasteiger partial charge >= 0.3 is 0 Å². The highest BCUT2D eigenvalue weighted by Crippen LogP contribution is 2.39. The highest BCUT2D eigenvalue weighted by Gasteiger charge is 2.33. The number of aromatic nitrogens is 3. The van der Waals surface area contributed by atoms with E-state index in [1.54, 1.807) is 11.8 Å². The number of hydrogen-bond donors (Lipinski definition) is 1. The highest BCUT2D eigenvalue weighted by molar-refractivity contribution is 5.93. The van der Waals surface area contributed by atoms with Gasteiger partial charge in [0.2, 0.25) is 0 Å². The molecule has 1 unspecified atom stereocenters. The van der Waals surface area contributed by atoms with Gasteiger partial charge in [-0.05, 0) is 42.8 Å². The van der Waals surface area contributed by atoms with Gasteiger partial charge in [-0.1, -0.05) is 12.1 Å². The van der Waals surface area contributed by atoms with Crippen molar-refractivity contribution in [2.75, 3.05) is 38.2 Å². The number of ether oxygens (including phenoxy) is 1. The molecule has 2 aromatic heterocycles. The van der Waals surface area contributed by atoms with Crippen molar-refractivity contribution in [3.63, 3.8) is 0 Å². The van der Waals surface area contributed by atoms with Crippen LogP contribution in [0.25, 0.3) is 11.1 Å². The molecule has 1 saturated heterocycles. The minimum atomic E-state index is -0.0701. The summed E-state index contributed by atoms with van der Waals surface area (Å²) in [5.74, 6) is 1.87. The minimum Gasteiger partial charge on any atom is -0.497 e. The molecule has 3 aliphatic heterocycles. The molecule has 1 N–H and O–H groups in total. The molecule has 0 spiro atoms. The van der Waals surface area contributed by atoms with Crippen molar-refractivity contribution >= 4 is 17.0 Å². The molecule has 1 atom stereocenters. The number of allylic oxidation sites excluding steroid dienone is 3. The van der Waals surface area contributed by atoms with Gasteiger partial charge in [-0.2, -0.15) is 10.4 Å². The summed E-state index contributed by atoms with van der Waals surface area (Å²) >= 11 is 0. The van der Waals surface area contributed by atoms with E-state index in [1.807, 2.05) is 55.9 Å². The fraction of sp³-hybridized carbons (Fsp3) is 0.300. The third-order valence-corrected chi connectivity index (χ3v) is 7.56. The number of hydrogen-bond acceptors (Lipinski definition) is 8. The van der Waals surface area contributed by atoms with E-state index >= 15 is 0 Å². The number of nitrogens with one attached hydrogen (secondary N) is 1. The van der Waals surface area contributed by atoms with Crippen LogP contribution in [0.4, 0.5) is 5.82 Å². The molecule has 3 aliphatic rings. The van der Waals surface area contributed by atoms with Gasteiger partial charge in [0.05, 0.1) is 36.7 Å². The van der Waals surface area contributed by atoms with E-state index < -0.39 is 0 Å². The maximum atomic E-state index is 9.91. The lowest BCUT2D eigenvalue weighted by Gasteiger charge is -2.35. The van der Waals surface area contributed by atoms with Crippen LogP contribution < -0.4 is 15.1 Å². The summed E-state index contributed by atoms with van der Waals surface area (Å²) in [7, 11) is 3.61. The van der Waals surface area contributed by atoms with Crippen molar-refractivity contribution in [3.8, 4) is 11.8 Å². The van der Waals surface area contributed by atoms with Gasteiger partial charge in [0, 0.05) is 80.6 Å². The fourth-order valence-corrected chi connectivity index (χ4v) is 5.40. The van der Waals surface area contributed by atoms with E-state index in [9.17, 15) is 5.26 Å². The third-order valence-electron chi connectivity index (χ3n) is 7.56. The number of piperazine rings is 1. The first-order valence-corrected chi connectivity index (χ1v) is 13.2. The number of anilines is 1.